The van der Waals surface area contributed by atoms with Gasteiger partial charge in [0.05, 0.1) is 6.20 Å². The van der Waals surface area contributed by atoms with E-state index < -0.39 is 0 Å². The molecule has 4 rings (SSSR count). The quantitative estimate of drug-likeness (QED) is 0.578. The van der Waals surface area contributed by atoms with Crippen LogP contribution < -0.4 is 15.8 Å². The number of benzene rings is 1. The van der Waals surface area contributed by atoms with Gasteiger partial charge in [0, 0.05) is 42.0 Å². The Labute approximate surface area is 187 Å². The number of hydrogen-bond acceptors (Lipinski definition) is 7. The fraction of sp³-hybridized carbons (Fsp3) is 0.417. The average Bonchev–Trinajstić information content (AvgIpc) is 2.72. The first kappa shape index (κ1) is 22.0. The number of pyridine rings is 1. The molecule has 32 heavy (non-hydrogen) atoms. The van der Waals surface area contributed by atoms with E-state index in [2.05, 4.69) is 58.1 Å². The number of aromatic amines is 1. The summed E-state index contributed by atoms with van der Waals surface area (Å²) in [6.07, 6.45) is 5.22. The normalized spacial score (nSPS) is 17.8. The molecule has 8 heteroatoms. The second-order valence-corrected chi connectivity index (χ2v) is 9.88. The monoisotopic (exact) mass is 434 g/mol. The number of nitrogens with one attached hydrogen (secondary N) is 2. The molecule has 0 amide bonds. The Morgan fingerprint density at radius 1 is 1.03 bits per heavy atom. The molecule has 0 radical (unpaired) electrons. The molecule has 1 aliphatic rings. The molecule has 0 saturated carbocycles. The van der Waals surface area contributed by atoms with Crippen molar-refractivity contribution in [3.05, 3.63) is 53.1 Å². The van der Waals surface area contributed by atoms with Gasteiger partial charge in [-0.25, -0.2) is 4.98 Å². The van der Waals surface area contributed by atoms with E-state index in [9.17, 15) is 9.90 Å². The van der Waals surface area contributed by atoms with Gasteiger partial charge in [-0.15, -0.1) is 10.2 Å². The van der Waals surface area contributed by atoms with Crippen molar-refractivity contribution in [2.75, 3.05) is 11.9 Å². The fourth-order valence-electron chi connectivity index (χ4n) is 4.78. The van der Waals surface area contributed by atoms with E-state index in [0.717, 1.165) is 24.0 Å². The molecular weight excluding hydrogens is 404 g/mol. The zero-order valence-corrected chi connectivity index (χ0v) is 19.2. The Morgan fingerprint density at radius 3 is 2.28 bits per heavy atom. The lowest BCUT2D eigenvalue weighted by Gasteiger charge is -2.48. The van der Waals surface area contributed by atoms with Crippen molar-refractivity contribution in [1.29, 1.82) is 0 Å². The highest BCUT2D eigenvalue weighted by molar-refractivity contribution is 5.73. The van der Waals surface area contributed by atoms with Gasteiger partial charge in [-0.2, -0.15) is 0 Å². The molecule has 0 spiro atoms. The van der Waals surface area contributed by atoms with Crippen LogP contribution in [0, 0.1) is 0 Å². The SMILES string of the molecule is CN(c1ncc(-c2ccc(-c3ccc(=O)[nH]c3)cc2O)nn1)C1CC(C)(C)NC(C)(C)C1. The topological polar surface area (TPSA) is 107 Å². The summed E-state index contributed by atoms with van der Waals surface area (Å²) in [5, 5.41) is 23.0. The second-order valence-electron chi connectivity index (χ2n) is 9.88. The fourth-order valence-corrected chi connectivity index (χ4v) is 4.78. The van der Waals surface area contributed by atoms with E-state index in [-0.39, 0.29) is 22.4 Å². The van der Waals surface area contributed by atoms with E-state index in [1.807, 2.05) is 13.1 Å². The molecule has 0 atom stereocenters. The maximum atomic E-state index is 11.3. The standard InChI is InChI=1S/C24H30N6O2/c1-23(2)11-17(12-24(3,4)29-23)30(5)22-26-14-19(27-28-22)18-8-6-15(10-20(18)31)16-7-9-21(32)25-13-16/h6-10,13-14,17,29,31H,11-12H2,1-5H3,(H,25,32). The van der Waals surface area contributed by atoms with E-state index >= 15 is 0 Å². The molecule has 2 aromatic heterocycles. The third kappa shape index (κ3) is 4.65. The van der Waals surface area contributed by atoms with Crippen LogP contribution in [0.5, 0.6) is 5.75 Å². The maximum absolute atomic E-state index is 11.3. The molecule has 3 N–H and O–H groups in total. The van der Waals surface area contributed by atoms with Gasteiger partial charge in [0.25, 0.3) is 0 Å². The smallest absolute Gasteiger partial charge is 0.247 e. The molecule has 1 saturated heterocycles. The molecule has 0 aliphatic carbocycles. The summed E-state index contributed by atoms with van der Waals surface area (Å²) in [5.74, 6) is 0.643. The van der Waals surface area contributed by atoms with Crippen LogP contribution in [-0.2, 0) is 0 Å². The lowest BCUT2D eigenvalue weighted by atomic mass is 9.79. The average molecular weight is 435 g/mol. The van der Waals surface area contributed by atoms with Gasteiger partial charge in [-0.3, -0.25) is 4.79 Å². The molecule has 3 aromatic rings. The highest BCUT2D eigenvalue weighted by Crippen LogP contribution is 2.34. The number of phenolic OH excluding ortho intramolecular Hbond substituents is 1. The number of rotatable bonds is 4. The third-order valence-electron chi connectivity index (χ3n) is 5.97. The molecule has 3 heterocycles. The van der Waals surface area contributed by atoms with Crippen LogP contribution in [0.25, 0.3) is 22.4 Å². The van der Waals surface area contributed by atoms with Crippen molar-refractivity contribution in [3.8, 4) is 28.1 Å². The van der Waals surface area contributed by atoms with Crippen molar-refractivity contribution in [2.24, 2.45) is 0 Å². The Balaban J connectivity index is 1.54. The third-order valence-corrected chi connectivity index (χ3v) is 5.97. The van der Waals surface area contributed by atoms with E-state index in [0.29, 0.717) is 23.2 Å². The van der Waals surface area contributed by atoms with Crippen LogP contribution in [0.3, 0.4) is 0 Å². The summed E-state index contributed by atoms with van der Waals surface area (Å²) in [5.41, 5.74) is 2.52. The van der Waals surface area contributed by atoms with Crippen LogP contribution in [0.2, 0.25) is 0 Å². The Bertz CT molecular complexity index is 1130. The predicted octanol–water partition coefficient (Wildman–Crippen LogP) is 3.34. The number of phenols is 1. The van der Waals surface area contributed by atoms with Gasteiger partial charge in [-0.05, 0) is 69.9 Å². The predicted molar refractivity (Wildman–Crippen MR) is 126 cm³/mol. The van der Waals surface area contributed by atoms with Crippen molar-refractivity contribution >= 4 is 5.95 Å². The van der Waals surface area contributed by atoms with E-state index in [1.165, 1.54) is 6.07 Å². The Morgan fingerprint density at radius 2 is 1.72 bits per heavy atom. The summed E-state index contributed by atoms with van der Waals surface area (Å²) >= 11 is 0. The molecule has 1 aliphatic heterocycles. The minimum absolute atomic E-state index is 0.0212. The van der Waals surface area contributed by atoms with Crippen molar-refractivity contribution in [3.63, 3.8) is 0 Å². The lowest BCUT2D eigenvalue weighted by Crippen LogP contribution is -2.62. The highest BCUT2D eigenvalue weighted by atomic mass is 16.3. The Kier molecular flexibility index (Phi) is 5.50. The number of H-pyrrole nitrogens is 1. The first-order chi connectivity index (χ1) is 15.0. The van der Waals surface area contributed by atoms with Crippen molar-refractivity contribution < 1.29 is 5.11 Å². The lowest BCUT2D eigenvalue weighted by molar-refractivity contribution is 0.160. The van der Waals surface area contributed by atoms with Gasteiger partial charge >= 0.3 is 0 Å². The Hall–Kier alpha value is -3.26. The number of hydrogen-bond donors (Lipinski definition) is 3. The van der Waals surface area contributed by atoms with Gasteiger partial charge < -0.3 is 20.3 Å². The summed E-state index contributed by atoms with van der Waals surface area (Å²) < 4.78 is 0. The zero-order valence-electron chi connectivity index (χ0n) is 19.2. The van der Waals surface area contributed by atoms with Crippen molar-refractivity contribution in [2.45, 2.75) is 57.7 Å². The van der Waals surface area contributed by atoms with Crippen LogP contribution in [0.4, 0.5) is 5.95 Å². The second kappa shape index (κ2) is 8.02. The first-order valence-corrected chi connectivity index (χ1v) is 10.8. The zero-order chi connectivity index (χ0) is 23.1. The van der Waals surface area contributed by atoms with Gasteiger partial charge in [0.2, 0.25) is 11.5 Å². The number of aromatic nitrogens is 4. The molecule has 0 unspecified atom stereocenters. The van der Waals surface area contributed by atoms with Crippen molar-refractivity contribution in [1.82, 2.24) is 25.5 Å². The first-order valence-electron chi connectivity index (χ1n) is 10.8. The molecule has 0 bridgehead atoms. The summed E-state index contributed by atoms with van der Waals surface area (Å²) in [7, 11) is 2.01. The molecule has 168 valence electrons. The summed E-state index contributed by atoms with van der Waals surface area (Å²) in [6, 6.07) is 8.74. The largest absolute Gasteiger partial charge is 0.507 e. The number of piperidine rings is 1. The molecule has 1 aromatic carbocycles. The molecular formula is C24H30N6O2. The minimum Gasteiger partial charge on any atom is -0.507 e. The maximum Gasteiger partial charge on any atom is 0.247 e. The van der Waals surface area contributed by atoms with E-state index in [4.69, 9.17) is 0 Å². The van der Waals surface area contributed by atoms with Gasteiger partial charge in [-0.1, -0.05) is 6.07 Å². The van der Waals surface area contributed by atoms with Gasteiger partial charge in [0.15, 0.2) is 0 Å². The van der Waals surface area contributed by atoms with Crippen LogP contribution in [0.15, 0.2) is 47.5 Å². The molecule has 8 nitrogen and oxygen atoms in total. The van der Waals surface area contributed by atoms with Crippen LogP contribution >= 0.6 is 0 Å². The number of nitrogens with zero attached hydrogens (tertiary/aromatic N) is 4. The minimum atomic E-state index is -0.169. The summed E-state index contributed by atoms with van der Waals surface area (Å²) in [4.78, 5) is 20.5. The van der Waals surface area contributed by atoms with E-state index in [1.54, 1.807) is 30.6 Å². The highest BCUT2D eigenvalue weighted by Gasteiger charge is 2.39. The number of aromatic hydroxyl groups is 1. The number of anilines is 1. The summed E-state index contributed by atoms with van der Waals surface area (Å²) in [6.45, 7) is 8.87. The molecule has 1 fully saturated rings. The van der Waals surface area contributed by atoms with Gasteiger partial charge in [0.1, 0.15) is 11.4 Å². The van der Waals surface area contributed by atoms with Crippen LogP contribution in [0.1, 0.15) is 40.5 Å². The van der Waals surface area contributed by atoms with Crippen LogP contribution in [-0.4, -0.2) is 49.4 Å².